The molecule has 2 N–H and O–H groups in total. The SMILES string of the molecule is CNC(=O)c1ccc(NS(=O)(=O)c2cc(C(C)(C)C)ccc2C)cc1. The van der Waals surface area contributed by atoms with Crippen LogP contribution in [0.1, 0.15) is 42.3 Å². The van der Waals surface area contributed by atoms with Crippen LogP contribution in [-0.2, 0) is 15.4 Å². The molecule has 0 fully saturated rings. The van der Waals surface area contributed by atoms with Gasteiger partial charge in [-0.3, -0.25) is 9.52 Å². The summed E-state index contributed by atoms with van der Waals surface area (Å²) in [5.74, 6) is -0.219. The van der Waals surface area contributed by atoms with E-state index in [0.29, 0.717) is 16.8 Å². The van der Waals surface area contributed by atoms with E-state index in [2.05, 4.69) is 10.0 Å². The van der Waals surface area contributed by atoms with E-state index in [1.165, 1.54) is 0 Å². The highest BCUT2D eigenvalue weighted by Gasteiger charge is 2.21. The summed E-state index contributed by atoms with van der Waals surface area (Å²) in [5, 5.41) is 2.53. The van der Waals surface area contributed by atoms with Gasteiger partial charge in [0.2, 0.25) is 0 Å². The molecule has 0 spiro atoms. The van der Waals surface area contributed by atoms with Crippen molar-refractivity contribution in [1.82, 2.24) is 5.32 Å². The van der Waals surface area contributed by atoms with Crippen LogP contribution >= 0.6 is 0 Å². The van der Waals surface area contributed by atoms with Crippen molar-refractivity contribution >= 4 is 21.6 Å². The molecule has 25 heavy (non-hydrogen) atoms. The first-order chi connectivity index (χ1) is 11.5. The molecule has 1 amide bonds. The molecule has 0 aliphatic carbocycles. The van der Waals surface area contributed by atoms with Gasteiger partial charge in [0.25, 0.3) is 15.9 Å². The maximum Gasteiger partial charge on any atom is 0.262 e. The number of anilines is 1. The van der Waals surface area contributed by atoms with Gasteiger partial charge in [-0.1, -0.05) is 32.9 Å². The third-order valence-corrected chi connectivity index (χ3v) is 5.49. The summed E-state index contributed by atoms with van der Waals surface area (Å²) in [7, 11) is -2.17. The molecule has 134 valence electrons. The Hall–Kier alpha value is -2.34. The fourth-order valence-electron chi connectivity index (χ4n) is 2.40. The van der Waals surface area contributed by atoms with Crippen molar-refractivity contribution in [3.63, 3.8) is 0 Å². The summed E-state index contributed by atoms with van der Waals surface area (Å²) < 4.78 is 28.2. The zero-order chi connectivity index (χ0) is 18.8. The number of hydrogen-bond donors (Lipinski definition) is 2. The quantitative estimate of drug-likeness (QED) is 0.877. The average molecular weight is 360 g/mol. The molecule has 0 aliphatic heterocycles. The van der Waals surface area contributed by atoms with Crippen molar-refractivity contribution in [2.45, 2.75) is 38.0 Å². The number of amides is 1. The largest absolute Gasteiger partial charge is 0.355 e. The molecule has 0 saturated carbocycles. The molecule has 5 nitrogen and oxygen atoms in total. The van der Waals surface area contributed by atoms with Gasteiger partial charge in [-0.15, -0.1) is 0 Å². The fraction of sp³-hybridized carbons (Fsp3) is 0.316. The van der Waals surface area contributed by atoms with E-state index >= 15 is 0 Å². The van der Waals surface area contributed by atoms with Gasteiger partial charge in [0.05, 0.1) is 4.90 Å². The van der Waals surface area contributed by atoms with Crippen LogP contribution in [0.15, 0.2) is 47.4 Å². The Labute approximate surface area is 149 Å². The summed E-state index contributed by atoms with van der Waals surface area (Å²) >= 11 is 0. The van der Waals surface area contributed by atoms with E-state index in [0.717, 1.165) is 5.56 Å². The molecular weight excluding hydrogens is 336 g/mol. The summed E-state index contributed by atoms with van der Waals surface area (Å²) in [6, 6.07) is 11.8. The number of sulfonamides is 1. The average Bonchev–Trinajstić information content (AvgIpc) is 2.53. The summed E-state index contributed by atoms with van der Waals surface area (Å²) in [6.45, 7) is 7.90. The minimum absolute atomic E-state index is 0.146. The summed E-state index contributed by atoms with van der Waals surface area (Å²) in [4.78, 5) is 11.8. The van der Waals surface area contributed by atoms with E-state index in [9.17, 15) is 13.2 Å². The predicted molar refractivity (Wildman–Crippen MR) is 101 cm³/mol. The van der Waals surface area contributed by atoms with E-state index in [-0.39, 0.29) is 16.2 Å². The zero-order valence-corrected chi connectivity index (χ0v) is 16.0. The summed E-state index contributed by atoms with van der Waals surface area (Å²) in [5.41, 5.74) is 2.37. The lowest BCUT2D eigenvalue weighted by Gasteiger charge is -2.21. The highest BCUT2D eigenvalue weighted by atomic mass is 32.2. The Kier molecular flexibility index (Phi) is 5.23. The topological polar surface area (TPSA) is 75.3 Å². The van der Waals surface area contributed by atoms with Crippen LogP contribution in [0.2, 0.25) is 0 Å². The molecule has 0 radical (unpaired) electrons. The smallest absolute Gasteiger partial charge is 0.262 e. The molecule has 2 aromatic carbocycles. The van der Waals surface area contributed by atoms with E-state index in [4.69, 9.17) is 0 Å². The van der Waals surface area contributed by atoms with Gasteiger partial charge in [-0.2, -0.15) is 0 Å². The van der Waals surface area contributed by atoms with Crippen LogP contribution in [0.3, 0.4) is 0 Å². The number of nitrogens with one attached hydrogen (secondary N) is 2. The van der Waals surface area contributed by atoms with Crippen LogP contribution in [0.5, 0.6) is 0 Å². The van der Waals surface area contributed by atoms with Crippen LogP contribution in [0.4, 0.5) is 5.69 Å². The number of hydrogen-bond acceptors (Lipinski definition) is 3. The minimum atomic E-state index is -3.72. The van der Waals surface area contributed by atoms with Gasteiger partial charge in [0, 0.05) is 18.3 Å². The second kappa shape index (κ2) is 6.88. The van der Waals surface area contributed by atoms with Gasteiger partial charge in [-0.05, 0) is 53.8 Å². The zero-order valence-electron chi connectivity index (χ0n) is 15.2. The lowest BCUT2D eigenvalue weighted by atomic mass is 9.87. The first-order valence-corrected chi connectivity index (χ1v) is 9.49. The maximum atomic E-state index is 12.8. The Morgan fingerprint density at radius 2 is 1.60 bits per heavy atom. The van der Waals surface area contributed by atoms with Crippen LogP contribution in [0, 0.1) is 6.92 Å². The van der Waals surface area contributed by atoms with Crippen LogP contribution in [-0.4, -0.2) is 21.4 Å². The van der Waals surface area contributed by atoms with Crippen LogP contribution < -0.4 is 10.0 Å². The molecule has 0 aromatic heterocycles. The fourth-order valence-corrected chi connectivity index (χ4v) is 3.73. The standard InChI is InChI=1S/C19H24N2O3S/c1-13-6-9-15(19(2,3)4)12-17(13)25(23,24)21-16-10-7-14(8-11-16)18(22)20-5/h6-12,21H,1-5H3,(H,20,22). The molecule has 0 atom stereocenters. The van der Waals surface area contributed by atoms with Crippen LogP contribution in [0.25, 0.3) is 0 Å². The molecule has 0 heterocycles. The van der Waals surface area contributed by atoms with Gasteiger partial charge >= 0.3 is 0 Å². The van der Waals surface area contributed by atoms with Gasteiger partial charge in [0.1, 0.15) is 0 Å². The van der Waals surface area contributed by atoms with E-state index in [1.54, 1.807) is 44.3 Å². The van der Waals surface area contributed by atoms with Gasteiger partial charge in [-0.25, -0.2) is 8.42 Å². The number of carbonyl (C=O) groups is 1. The van der Waals surface area contributed by atoms with E-state index in [1.807, 2.05) is 32.9 Å². The molecule has 6 heteroatoms. The Morgan fingerprint density at radius 3 is 2.12 bits per heavy atom. The predicted octanol–water partition coefficient (Wildman–Crippen LogP) is 3.45. The second-order valence-electron chi connectivity index (χ2n) is 6.99. The van der Waals surface area contributed by atoms with Crippen molar-refractivity contribution in [3.8, 4) is 0 Å². The lowest BCUT2D eigenvalue weighted by Crippen LogP contribution is -2.18. The normalized spacial score (nSPS) is 11.9. The third-order valence-electron chi connectivity index (χ3n) is 3.97. The number of aryl methyl sites for hydroxylation is 1. The number of benzene rings is 2. The molecule has 2 aromatic rings. The summed E-state index contributed by atoms with van der Waals surface area (Å²) in [6.07, 6.45) is 0. The first-order valence-electron chi connectivity index (χ1n) is 8.01. The van der Waals surface area contributed by atoms with Crippen molar-refractivity contribution in [2.75, 3.05) is 11.8 Å². The molecule has 2 rings (SSSR count). The second-order valence-corrected chi connectivity index (χ2v) is 8.64. The van der Waals surface area contributed by atoms with Gasteiger partial charge in [0.15, 0.2) is 0 Å². The van der Waals surface area contributed by atoms with Crippen molar-refractivity contribution < 1.29 is 13.2 Å². The monoisotopic (exact) mass is 360 g/mol. The minimum Gasteiger partial charge on any atom is -0.355 e. The maximum absolute atomic E-state index is 12.8. The lowest BCUT2D eigenvalue weighted by molar-refractivity contribution is 0.0963. The third kappa shape index (κ3) is 4.39. The Bertz CT molecular complexity index is 880. The Balaban J connectivity index is 2.35. The number of carbonyl (C=O) groups excluding carboxylic acids is 1. The van der Waals surface area contributed by atoms with Crippen molar-refractivity contribution in [1.29, 1.82) is 0 Å². The highest BCUT2D eigenvalue weighted by Crippen LogP contribution is 2.27. The van der Waals surface area contributed by atoms with E-state index < -0.39 is 10.0 Å². The number of rotatable bonds is 4. The molecule has 0 saturated heterocycles. The van der Waals surface area contributed by atoms with Crippen molar-refractivity contribution in [3.05, 3.63) is 59.2 Å². The van der Waals surface area contributed by atoms with Crippen molar-refractivity contribution in [2.24, 2.45) is 0 Å². The molecule has 0 aliphatic rings. The highest BCUT2D eigenvalue weighted by molar-refractivity contribution is 7.92. The first kappa shape index (κ1) is 19.0. The molecular formula is C19H24N2O3S. The molecule has 0 bridgehead atoms. The Morgan fingerprint density at radius 1 is 1.00 bits per heavy atom. The molecule has 0 unspecified atom stereocenters. The van der Waals surface area contributed by atoms with Gasteiger partial charge < -0.3 is 5.32 Å².